The molecule has 4 rings (SSSR count). The van der Waals surface area contributed by atoms with E-state index in [1.54, 1.807) is 4.40 Å². The van der Waals surface area contributed by atoms with Gasteiger partial charge in [-0.25, -0.2) is 4.39 Å². The topological polar surface area (TPSA) is 66.6 Å². The first-order chi connectivity index (χ1) is 11.1. The van der Waals surface area contributed by atoms with Gasteiger partial charge in [-0.05, 0) is 18.2 Å². The van der Waals surface area contributed by atoms with Crippen LogP contribution in [0.4, 0.5) is 15.9 Å². The van der Waals surface area contributed by atoms with Crippen molar-refractivity contribution in [1.29, 1.82) is 0 Å². The van der Waals surface area contributed by atoms with E-state index in [2.05, 4.69) is 15.2 Å². The lowest BCUT2D eigenvalue weighted by Gasteiger charge is -2.20. The molecule has 0 saturated carbocycles. The minimum Gasteiger partial charge on any atom is -0.505 e. The van der Waals surface area contributed by atoms with E-state index in [4.69, 9.17) is 0 Å². The van der Waals surface area contributed by atoms with Gasteiger partial charge in [0.05, 0.1) is 5.52 Å². The van der Waals surface area contributed by atoms with Crippen LogP contribution in [0.3, 0.4) is 0 Å². The molecule has 0 aliphatic carbocycles. The molecule has 1 N–H and O–H groups in total. The van der Waals surface area contributed by atoms with Gasteiger partial charge in [-0.1, -0.05) is 18.2 Å². The van der Waals surface area contributed by atoms with Gasteiger partial charge in [0.2, 0.25) is 0 Å². The number of phenolic OH excluding ortho intramolecular Hbond substituents is 1. The van der Waals surface area contributed by atoms with Crippen LogP contribution >= 0.6 is 0 Å². The molecule has 0 unspecified atom stereocenters. The van der Waals surface area contributed by atoms with E-state index in [9.17, 15) is 9.50 Å². The Balaban J connectivity index is 2.06. The number of rotatable bonds is 2. The molecule has 2 aromatic heterocycles. The van der Waals surface area contributed by atoms with E-state index in [1.807, 2.05) is 42.3 Å². The second-order valence-electron chi connectivity index (χ2n) is 5.15. The number of para-hydroxylation sites is 1. The Bertz CT molecular complexity index is 1020. The summed E-state index contributed by atoms with van der Waals surface area (Å²) in [6.07, 6.45) is 1.48. The summed E-state index contributed by atoms with van der Waals surface area (Å²) < 4.78 is 15.5. The monoisotopic (exact) mass is 309 g/mol. The number of phenols is 1. The van der Waals surface area contributed by atoms with Crippen LogP contribution in [0.25, 0.3) is 16.7 Å². The molecule has 2 aromatic carbocycles. The Labute approximate surface area is 130 Å². The number of hydrogen-bond acceptors (Lipinski definition) is 5. The molecule has 0 radical (unpaired) electrons. The summed E-state index contributed by atoms with van der Waals surface area (Å²) in [5.41, 5.74) is 1.48. The molecule has 0 aliphatic heterocycles. The molecule has 0 spiro atoms. The van der Waals surface area contributed by atoms with Crippen LogP contribution < -0.4 is 4.90 Å². The number of aromatic nitrogens is 4. The van der Waals surface area contributed by atoms with Crippen molar-refractivity contribution < 1.29 is 9.50 Å². The predicted molar refractivity (Wildman–Crippen MR) is 84.4 cm³/mol. The first kappa shape index (κ1) is 13.4. The predicted octanol–water partition coefficient (Wildman–Crippen LogP) is 2.89. The van der Waals surface area contributed by atoms with Crippen molar-refractivity contribution in [3.8, 4) is 5.75 Å². The molecule has 0 fully saturated rings. The highest BCUT2D eigenvalue weighted by molar-refractivity contribution is 5.94. The average molecular weight is 309 g/mol. The Morgan fingerprint density at radius 3 is 2.74 bits per heavy atom. The van der Waals surface area contributed by atoms with Crippen LogP contribution in [0.5, 0.6) is 5.75 Å². The third-order valence-corrected chi connectivity index (χ3v) is 3.76. The zero-order chi connectivity index (χ0) is 16.0. The molecule has 0 aliphatic rings. The van der Waals surface area contributed by atoms with Crippen molar-refractivity contribution in [3.63, 3.8) is 0 Å². The molecule has 6 nitrogen and oxygen atoms in total. The maximum atomic E-state index is 13.9. The number of nitrogens with zero attached hydrogens (tertiary/aromatic N) is 5. The third kappa shape index (κ3) is 2.05. The van der Waals surface area contributed by atoms with Gasteiger partial charge in [-0.15, -0.1) is 10.2 Å². The Kier molecular flexibility index (Phi) is 2.87. The summed E-state index contributed by atoms with van der Waals surface area (Å²) in [7, 11) is 1.84. The van der Waals surface area contributed by atoms with Crippen molar-refractivity contribution >= 4 is 28.2 Å². The van der Waals surface area contributed by atoms with E-state index in [0.29, 0.717) is 22.5 Å². The van der Waals surface area contributed by atoms with Crippen LogP contribution in [0.15, 0.2) is 48.8 Å². The lowest BCUT2D eigenvalue weighted by atomic mass is 10.2. The zero-order valence-electron chi connectivity index (χ0n) is 12.2. The largest absolute Gasteiger partial charge is 0.505 e. The van der Waals surface area contributed by atoms with Gasteiger partial charge in [0.15, 0.2) is 11.6 Å². The lowest BCUT2D eigenvalue weighted by molar-refractivity contribution is 0.433. The van der Waals surface area contributed by atoms with Crippen LogP contribution in [-0.2, 0) is 0 Å². The van der Waals surface area contributed by atoms with Crippen LogP contribution in [0, 0.1) is 5.82 Å². The zero-order valence-corrected chi connectivity index (χ0v) is 12.2. The molecule has 4 aromatic rings. The molecule has 2 heterocycles. The molecule has 0 amide bonds. The van der Waals surface area contributed by atoms with Gasteiger partial charge < -0.3 is 10.0 Å². The second kappa shape index (κ2) is 4.91. The Hall–Kier alpha value is -3.22. The first-order valence-electron chi connectivity index (χ1n) is 6.96. The van der Waals surface area contributed by atoms with Gasteiger partial charge in [0.1, 0.15) is 12.1 Å². The first-order valence-corrected chi connectivity index (χ1v) is 6.96. The van der Waals surface area contributed by atoms with Gasteiger partial charge >= 0.3 is 0 Å². The molecule has 23 heavy (non-hydrogen) atoms. The van der Waals surface area contributed by atoms with Gasteiger partial charge in [-0.2, -0.15) is 4.98 Å². The van der Waals surface area contributed by atoms with Gasteiger partial charge in [0, 0.05) is 24.2 Å². The van der Waals surface area contributed by atoms with Gasteiger partial charge in [-0.3, -0.25) is 4.40 Å². The minimum absolute atomic E-state index is 0.376. The maximum absolute atomic E-state index is 13.9. The Morgan fingerprint density at radius 2 is 1.96 bits per heavy atom. The molecular formula is C16H12FN5O. The summed E-state index contributed by atoms with van der Waals surface area (Å²) in [5.74, 6) is -0.215. The fourth-order valence-corrected chi connectivity index (χ4v) is 2.59. The number of benzene rings is 2. The molecular weight excluding hydrogens is 297 g/mol. The van der Waals surface area contributed by atoms with E-state index in [0.717, 1.165) is 5.69 Å². The summed E-state index contributed by atoms with van der Waals surface area (Å²) in [5, 5.41) is 18.0. The Morgan fingerprint density at radius 1 is 1.17 bits per heavy atom. The fourth-order valence-electron chi connectivity index (χ4n) is 2.59. The highest BCUT2D eigenvalue weighted by atomic mass is 19.1. The number of anilines is 2. The highest BCUT2D eigenvalue weighted by Crippen LogP contribution is 2.32. The molecule has 114 valence electrons. The van der Waals surface area contributed by atoms with Crippen molar-refractivity contribution in [3.05, 3.63) is 54.6 Å². The third-order valence-electron chi connectivity index (χ3n) is 3.76. The van der Waals surface area contributed by atoms with Crippen molar-refractivity contribution in [2.75, 3.05) is 11.9 Å². The SMILES string of the molecule is CN(c1ccccc1)c1nc2nncn2c2cc(O)c(F)cc12. The number of hydrogen-bond donors (Lipinski definition) is 1. The molecule has 0 saturated heterocycles. The lowest BCUT2D eigenvalue weighted by Crippen LogP contribution is -2.13. The summed E-state index contributed by atoms with van der Waals surface area (Å²) in [6, 6.07) is 12.2. The molecule has 0 bridgehead atoms. The summed E-state index contributed by atoms with van der Waals surface area (Å²) in [4.78, 5) is 6.32. The smallest absolute Gasteiger partial charge is 0.257 e. The standard InChI is InChI=1S/C16H12FN5O/c1-21(10-5-3-2-4-6-10)15-11-7-12(17)14(23)8-13(11)22-9-18-20-16(22)19-15/h2-9,23H,1H3. The van der Waals surface area contributed by atoms with Crippen LogP contribution in [-0.4, -0.2) is 31.7 Å². The van der Waals surface area contributed by atoms with E-state index in [1.165, 1.54) is 18.5 Å². The molecule has 0 atom stereocenters. The van der Waals surface area contributed by atoms with Crippen LogP contribution in [0.2, 0.25) is 0 Å². The number of fused-ring (bicyclic) bond motifs is 3. The van der Waals surface area contributed by atoms with Gasteiger partial charge in [0.25, 0.3) is 5.78 Å². The van der Waals surface area contributed by atoms with Crippen molar-refractivity contribution in [2.24, 2.45) is 0 Å². The van der Waals surface area contributed by atoms with E-state index < -0.39 is 11.6 Å². The minimum atomic E-state index is -0.700. The van der Waals surface area contributed by atoms with Crippen molar-refractivity contribution in [2.45, 2.75) is 0 Å². The highest BCUT2D eigenvalue weighted by Gasteiger charge is 2.16. The van der Waals surface area contributed by atoms with Crippen molar-refractivity contribution in [1.82, 2.24) is 19.6 Å². The normalized spacial score (nSPS) is 11.2. The van der Waals surface area contributed by atoms with E-state index >= 15 is 0 Å². The number of aromatic hydroxyl groups is 1. The van der Waals surface area contributed by atoms with Crippen LogP contribution in [0.1, 0.15) is 0 Å². The maximum Gasteiger partial charge on any atom is 0.257 e. The quantitative estimate of drug-likeness (QED) is 0.617. The fraction of sp³-hybridized carbons (Fsp3) is 0.0625. The summed E-state index contributed by atoms with van der Waals surface area (Å²) >= 11 is 0. The number of halogens is 1. The summed E-state index contributed by atoms with van der Waals surface area (Å²) in [6.45, 7) is 0. The van der Waals surface area contributed by atoms with E-state index in [-0.39, 0.29) is 0 Å². The second-order valence-corrected chi connectivity index (χ2v) is 5.15. The average Bonchev–Trinajstić information content (AvgIpc) is 3.04. The molecule has 7 heteroatoms.